The lowest BCUT2D eigenvalue weighted by Crippen LogP contribution is -1.93. The maximum absolute atomic E-state index is 9.42. The fourth-order valence-corrected chi connectivity index (χ4v) is 6.85. The highest BCUT2D eigenvalue weighted by atomic mass is 16.3. The molecule has 0 bridgehead atoms. The molecule has 0 N–H and O–H groups in total. The molecule has 0 saturated heterocycles. The van der Waals surface area contributed by atoms with Gasteiger partial charge in [0, 0.05) is 10.8 Å². The quantitative estimate of drug-likeness (QED) is 0.190. The highest BCUT2D eigenvalue weighted by molar-refractivity contribution is 6.26. The first-order valence-corrected chi connectivity index (χ1v) is 15.1. The van der Waals surface area contributed by atoms with E-state index in [-0.39, 0.29) is 24.2 Å². The molecule has 210 valence electrons. The molecular weight excluding hydrogens is 544 g/mol. The Kier molecular flexibility index (Phi) is 5.00. The van der Waals surface area contributed by atoms with E-state index < -0.39 is 0 Å². The highest BCUT2D eigenvalue weighted by Crippen LogP contribution is 2.49. The van der Waals surface area contributed by atoms with Crippen molar-refractivity contribution in [1.82, 2.24) is 0 Å². The van der Waals surface area contributed by atoms with E-state index in [0.717, 1.165) is 76.9 Å². The van der Waals surface area contributed by atoms with Gasteiger partial charge in [-0.1, -0.05) is 152 Å². The topological polar surface area (TPSA) is 13.1 Å². The van der Waals surface area contributed by atoms with Gasteiger partial charge in [0.2, 0.25) is 0 Å². The van der Waals surface area contributed by atoms with Crippen LogP contribution in [0.4, 0.5) is 0 Å². The van der Waals surface area contributed by atoms with Gasteiger partial charge in [0.05, 0.1) is 5.48 Å². The third-order valence-electron chi connectivity index (χ3n) is 8.80. The first kappa shape index (κ1) is 21.7. The second-order valence-electron chi connectivity index (χ2n) is 11.3. The minimum atomic E-state index is -0.255. The Morgan fingerprint density at radius 2 is 0.956 bits per heavy atom. The van der Waals surface area contributed by atoms with Crippen LogP contribution in [-0.4, -0.2) is 0 Å². The second-order valence-corrected chi connectivity index (χ2v) is 11.3. The Morgan fingerprint density at radius 3 is 1.71 bits per heavy atom. The number of rotatable bonds is 4. The van der Waals surface area contributed by atoms with Crippen molar-refractivity contribution in [2.75, 3.05) is 0 Å². The summed E-state index contributed by atoms with van der Waals surface area (Å²) in [5.74, 6) is 0. The van der Waals surface area contributed by atoms with Gasteiger partial charge in [-0.15, -0.1) is 0 Å². The van der Waals surface area contributed by atoms with Gasteiger partial charge in [-0.2, -0.15) is 0 Å². The summed E-state index contributed by atoms with van der Waals surface area (Å²) >= 11 is 0. The van der Waals surface area contributed by atoms with E-state index in [2.05, 4.69) is 54.6 Å². The standard InChI is InChI=1S/C44H28O/c1-3-14-29(15-4-1)31-26-27-36-39(28-31)43(33-19-8-7-18-32(33)30-16-5-2-6-17-30)35-21-10-9-20-34(35)42(36)38-23-13-25-41-44(38)37-22-11-12-24-40(37)45-41/h1-28H/i7D,8D,18D,19D. The van der Waals surface area contributed by atoms with Gasteiger partial charge >= 0.3 is 0 Å². The van der Waals surface area contributed by atoms with Crippen LogP contribution in [0.25, 0.3) is 88.0 Å². The fourth-order valence-electron chi connectivity index (χ4n) is 6.85. The van der Waals surface area contributed by atoms with Crippen molar-refractivity contribution in [2.24, 2.45) is 0 Å². The summed E-state index contributed by atoms with van der Waals surface area (Å²) in [5, 5.41) is 5.86. The minimum absolute atomic E-state index is 0.0580. The van der Waals surface area contributed by atoms with Gasteiger partial charge in [0.25, 0.3) is 0 Å². The van der Waals surface area contributed by atoms with E-state index in [1.54, 1.807) is 0 Å². The average Bonchev–Trinajstić information content (AvgIpc) is 3.54. The zero-order chi connectivity index (χ0) is 33.2. The van der Waals surface area contributed by atoms with Crippen LogP contribution in [-0.2, 0) is 0 Å². The third kappa shape index (κ3) is 4.09. The molecule has 0 amide bonds. The molecule has 1 aromatic heterocycles. The Bertz CT molecular complexity index is 2750. The van der Waals surface area contributed by atoms with Gasteiger partial charge < -0.3 is 4.42 Å². The predicted octanol–water partition coefficient (Wildman–Crippen LogP) is 12.6. The maximum atomic E-state index is 9.42. The maximum Gasteiger partial charge on any atom is 0.136 e. The second kappa shape index (κ2) is 10.4. The Balaban J connectivity index is 1.51. The summed E-state index contributed by atoms with van der Waals surface area (Å²) in [6, 6.07) is 48.2. The zero-order valence-corrected chi connectivity index (χ0v) is 24.3. The van der Waals surface area contributed by atoms with Crippen LogP contribution in [0.5, 0.6) is 0 Å². The molecule has 8 aromatic carbocycles. The van der Waals surface area contributed by atoms with E-state index in [1.807, 2.05) is 91.0 Å². The first-order valence-electron chi connectivity index (χ1n) is 17.1. The monoisotopic (exact) mass is 576 g/mol. The number of hydrogen-bond acceptors (Lipinski definition) is 1. The van der Waals surface area contributed by atoms with Gasteiger partial charge in [-0.05, 0) is 84.3 Å². The summed E-state index contributed by atoms with van der Waals surface area (Å²) in [4.78, 5) is 0. The van der Waals surface area contributed by atoms with Crippen molar-refractivity contribution in [3.05, 3.63) is 170 Å². The van der Waals surface area contributed by atoms with E-state index in [0.29, 0.717) is 11.1 Å². The summed E-state index contributed by atoms with van der Waals surface area (Å²) in [6.45, 7) is 0. The molecule has 1 heterocycles. The summed E-state index contributed by atoms with van der Waals surface area (Å²) in [5.41, 5.74) is 8.30. The van der Waals surface area contributed by atoms with Gasteiger partial charge in [-0.25, -0.2) is 0 Å². The van der Waals surface area contributed by atoms with Crippen molar-refractivity contribution in [3.63, 3.8) is 0 Å². The molecule has 0 atom stereocenters. The summed E-state index contributed by atoms with van der Waals surface area (Å²) < 4.78 is 42.5. The van der Waals surface area contributed by atoms with Gasteiger partial charge in [0.15, 0.2) is 0 Å². The van der Waals surface area contributed by atoms with Crippen LogP contribution in [0, 0.1) is 0 Å². The molecule has 1 heteroatoms. The van der Waals surface area contributed by atoms with Crippen LogP contribution in [0.3, 0.4) is 0 Å². The molecule has 45 heavy (non-hydrogen) atoms. The van der Waals surface area contributed by atoms with Crippen molar-refractivity contribution >= 4 is 43.5 Å². The van der Waals surface area contributed by atoms with Crippen LogP contribution >= 0.6 is 0 Å². The van der Waals surface area contributed by atoms with Crippen molar-refractivity contribution in [3.8, 4) is 44.5 Å². The lowest BCUT2D eigenvalue weighted by Gasteiger charge is -2.21. The SMILES string of the molecule is [2H]c1c([2H])c([2H])c(-c2c3ccccc3c(-c3cccc4oc5ccccc5c34)c3ccc(-c4ccccc4)cc23)c(-c2ccccc2)c1[2H]. The molecular formula is C44H28O. The normalized spacial score (nSPS) is 12.8. The van der Waals surface area contributed by atoms with Gasteiger partial charge in [0.1, 0.15) is 11.2 Å². The Labute approximate surface area is 267 Å². The zero-order valence-electron chi connectivity index (χ0n) is 28.3. The van der Waals surface area contributed by atoms with E-state index in [1.165, 1.54) is 0 Å². The summed E-state index contributed by atoms with van der Waals surface area (Å²) in [6.07, 6.45) is 0. The van der Waals surface area contributed by atoms with Crippen molar-refractivity contribution < 1.29 is 9.90 Å². The molecule has 0 saturated carbocycles. The molecule has 0 fully saturated rings. The Hall–Kier alpha value is -5.92. The lowest BCUT2D eigenvalue weighted by atomic mass is 9.82. The predicted molar refractivity (Wildman–Crippen MR) is 190 cm³/mol. The van der Waals surface area contributed by atoms with Crippen LogP contribution in [0.2, 0.25) is 0 Å². The molecule has 0 radical (unpaired) electrons. The lowest BCUT2D eigenvalue weighted by molar-refractivity contribution is 0.669. The van der Waals surface area contributed by atoms with E-state index in [4.69, 9.17) is 7.16 Å². The molecule has 1 nitrogen and oxygen atoms in total. The molecule has 9 rings (SSSR count). The number of hydrogen-bond donors (Lipinski definition) is 0. The van der Waals surface area contributed by atoms with E-state index in [9.17, 15) is 2.74 Å². The number of fused-ring (bicyclic) bond motifs is 5. The Morgan fingerprint density at radius 1 is 0.378 bits per heavy atom. The van der Waals surface area contributed by atoms with Gasteiger partial charge in [-0.3, -0.25) is 0 Å². The molecule has 0 aliphatic rings. The molecule has 9 aromatic rings. The minimum Gasteiger partial charge on any atom is -0.456 e. The highest BCUT2D eigenvalue weighted by Gasteiger charge is 2.22. The average molecular weight is 577 g/mol. The van der Waals surface area contributed by atoms with Crippen LogP contribution < -0.4 is 0 Å². The van der Waals surface area contributed by atoms with Crippen LogP contribution in [0.1, 0.15) is 5.48 Å². The summed E-state index contributed by atoms with van der Waals surface area (Å²) in [7, 11) is 0. The molecule has 0 spiro atoms. The number of benzene rings is 8. The first-order chi connectivity index (χ1) is 24.0. The molecule has 0 unspecified atom stereocenters. The fraction of sp³-hybridized carbons (Fsp3) is 0. The number of furan rings is 1. The van der Waals surface area contributed by atoms with Crippen molar-refractivity contribution in [2.45, 2.75) is 0 Å². The smallest absolute Gasteiger partial charge is 0.136 e. The third-order valence-corrected chi connectivity index (χ3v) is 8.80. The van der Waals surface area contributed by atoms with E-state index >= 15 is 0 Å². The van der Waals surface area contributed by atoms with Crippen molar-refractivity contribution in [1.29, 1.82) is 0 Å². The molecule has 0 aliphatic carbocycles. The number of para-hydroxylation sites is 1. The largest absolute Gasteiger partial charge is 0.456 e. The van der Waals surface area contributed by atoms with Crippen LogP contribution in [0.15, 0.2) is 174 Å². The molecule has 0 aliphatic heterocycles.